The molecule has 0 radical (unpaired) electrons. The van der Waals surface area contributed by atoms with Crippen molar-refractivity contribution in [2.45, 2.75) is 0 Å². The Hall–Kier alpha value is -3.13. The molecular formula is C22H15NO. The van der Waals surface area contributed by atoms with Gasteiger partial charge < -0.3 is 4.57 Å². The van der Waals surface area contributed by atoms with Crippen molar-refractivity contribution >= 4 is 43.4 Å². The van der Waals surface area contributed by atoms with Gasteiger partial charge in [-0.1, -0.05) is 54.6 Å². The average Bonchev–Trinajstić information content (AvgIpc) is 2.64. The third kappa shape index (κ3) is 1.68. The molecule has 0 N–H and O–H groups in total. The molecule has 0 aliphatic rings. The van der Waals surface area contributed by atoms with E-state index in [0.29, 0.717) is 0 Å². The smallest absolute Gasteiger partial charge is 0.197 e. The summed E-state index contributed by atoms with van der Waals surface area (Å²) in [5.74, 6) is 0. The van der Waals surface area contributed by atoms with Crippen LogP contribution in [0.4, 0.5) is 0 Å². The second-order valence-corrected chi connectivity index (χ2v) is 6.29. The molecule has 0 unspecified atom stereocenters. The van der Waals surface area contributed by atoms with E-state index in [1.54, 1.807) is 0 Å². The van der Waals surface area contributed by atoms with E-state index in [1.165, 1.54) is 0 Å². The molecule has 0 aliphatic heterocycles. The topological polar surface area (TPSA) is 22.0 Å². The van der Waals surface area contributed by atoms with Crippen LogP contribution in [0.3, 0.4) is 0 Å². The van der Waals surface area contributed by atoms with Gasteiger partial charge in [-0.3, -0.25) is 4.79 Å². The van der Waals surface area contributed by atoms with Gasteiger partial charge in [-0.25, -0.2) is 0 Å². The number of nitrogens with zero attached hydrogens (tertiary/aromatic N) is 1. The molecule has 5 rings (SSSR count). The lowest BCUT2D eigenvalue weighted by molar-refractivity contribution is 1.00. The molecule has 0 amide bonds. The molecule has 1 heterocycles. The molecule has 0 saturated heterocycles. The Morgan fingerprint density at radius 1 is 0.667 bits per heavy atom. The van der Waals surface area contributed by atoms with E-state index in [-0.39, 0.29) is 5.43 Å². The summed E-state index contributed by atoms with van der Waals surface area (Å²) >= 11 is 0. The zero-order valence-corrected chi connectivity index (χ0v) is 13.3. The maximum atomic E-state index is 13.3. The number of aryl methyl sites for hydroxylation is 1. The van der Waals surface area contributed by atoms with E-state index in [4.69, 9.17) is 0 Å². The lowest BCUT2D eigenvalue weighted by Gasteiger charge is -2.13. The van der Waals surface area contributed by atoms with Crippen molar-refractivity contribution in [1.29, 1.82) is 0 Å². The van der Waals surface area contributed by atoms with Crippen LogP contribution in [0, 0.1) is 0 Å². The Morgan fingerprint density at radius 2 is 1.33 bits per heavy atom. The first kappa shape index (κ1) is 13.3. The minimum atomic E-state index is 0.112. The molecule has 0 bridgehead atoms. The summed E-state index contributed by atoms with van der Waals surface area (Å²) in [5.41, 5.74) is 2.06. The van der Waals surface area contributed by atoms with Crippen LogP contribution in [-0.4, -0.2) is 4.57 Å². The number of fused-ring (bicyclic) bond motifs is 5. The lowest BCUT2D eigenvalue weighted by Crippen LogP contribution is -2.09. The Morgan fingerprint density at radius 3 is 2.12 bits per heavy atom. The molecule has 2 nitrogen and oxygen atoms in total. The van der Waals surface area contributed by atoms with E-state index in [9.17, 15) is 4.79 Å². The van der Waals surface area contributed by atoms with Crippen molar-refractivity contribution in [3.05, 3.63) is 83.0 Å². The lowest BCUT2D eigenvalue weighted by atomic mass is 10.0. The normalized spacial score (nSPS) is 11.7. The fourth-order valence-corrected chi connectivity index (χ4v) is 3.73. The first-order valence-electron chi connectivity index (χ1n) is 8.07. The Bertz CT molecular complexity index is 1320. The summed E-state index contributed by atoms with van der Waals surface area (Å²) in [6.07, 6.45) is 0. The average molecular weight is 309 g/mol. The first-order chi connectivity index (χ1) is 11.7. The second kappa shape index (κ2) is 4.68. The number of pyridine rings is 1. The van der Waals surface area contributed by atoms with E-state index in [0.717, 1.165) is 43.4 Å². The summed E-state index contributed by atoms with van der Waals surface area (Å²) < 4.78 is 2.13. The van der Waals surface area contributed by atoms with Crippen LogP contribution >= 0.6 is 0 Å². The van der Waals surface area contributed by atoms with Crippen LogP contribution in [-0.2, 0) is 7.05 Å². The van der Waals surface area contributed by atoms with Crippen molar-refractivity contribution in [3.8, 4) is 0 Å². The maximum absolute atomic E-state index is 13.3. The molecule has 2 heteroatoms. The van der Waals surface area contributed by atoms with Gasteiger partial charge in [-0.15, -0.1) is 0 Å². The van der Waals surface area contributed by atoms with Crippen molar-refractivity contribution in [2.75, 3.05) is 0 Å². The van der Waals surface area contributed by atoms with Gasteiger partial charge in [0.15, 0.2) is 5.43 Å². The zero-order chi connectivity index (χ0) is 16.3. The predicted octanol–water partition coefficient (Wildman–Crippen LogP) is 5.00. The van der Waals surface area contributed by atoms with Crippen LogP contribution in [0.1, 0.15) is 0 Å². The molecular weight excluding hydrogens is 294 g/mol. The van der Waals surface area contributed by atoms with E-state index < -0.39 is 0 Å². The molecule has 24 heavy (non-hydrogen) atoms. The van der Waals surface area contributed by atoms with Crippen molar-refractivity contribution in [1.82, 2.24) is 4.57 Å². The van der Waals surface area contributed by atoms with Gasteiger partial charge in [0.05, 0.1) is 16.4 Å². The highest BCUT2D eigenvalue weighted by Crippen LogP contribution is 2.27. The van der Waals surface area contributed by atoms with E-state index >= 15 is 0 Å². The molecule has 5 aromatic rings. The number of hydrogen-bond donors (Lipinski definition) is 0. The summed E-state index contributed by atoms with van der Waals surface area (Å²) in [7, 11) is 2.04. The Labute approximate surface area is 138 Å². The van der Waals surface area contributed by atoms with Gasteiger partial charge in [-0.2, -0.15) is 0 Å². The number of rotatable bonds is 0. The SMILES string of the molecule is Cn1c2cc3ccccc3cc2c(=O)c2c3ccccc3ccc21. The van der Waals surface area contributed by atoms with Crippen molar-refractivity contribution in [3.63, 3.8) is 0 Å². The van der Waals surface area contributed by atoms with Crippen LogP contribution in [0.15, 0.2) is 77.6 Å². The fraction of sp³-hybridized carbons (Fsp3) is 0.0455. The highest BCUT2D eigenvalue weighted by Gasteiger charge is 2.12. The molecule has 0 spiro atoms. The summed E-state index contributed by atoms with van der Waals surface area (Å²) in [4.78, 5) is 13.3. The molecule has 4 aromatic carbocycles. The van der Waals surface area contributed by atoms with E-state index in [2.05, 4.69) is 34.9 Å². The van der Waals surface area contributed by atoms with E-state index in [1.807, 2.05) is 49.5 Å². The highest BCUT2D eigenvalue weighted by molar-refractivity contribution is 6.11. The molecule has 0 aliphatic carbocycles. The molecule has 114 valence electrons. The van der Waals surface area contributed by atoms with Gasteiger partial charge in [0.25, 0.3) is 0 Å². The molecule has 0 saturated carbocycles. The van der Waals surface area contributed by atoms with Gasteiger partial charge in [0, 0.05) is 12.4 Å². The largest absolute Gasteiger partial charge is 0.343 e. The summed E-state index contributed by atoms with van der Waals surface area (Å²) in [6, 6.07) is 24.5. The minimum Gasteiger partial charge on any atom is -0.343 e. The zero-order valence-electron chi connectivity index (χ0n) is 13.3. The van der Waals surface area contributed by atoms with Gasteiger partial charge >= 0.3 is 0 Å². The number of aromatic nitrogens is 1. The number of benzene rings is 4. The molecule has 1 aromatic heterocycles. The van der Waals surface area contributed by atoms with Crippen molar-refractivity contribution < 1.29 is 0 Å². The first-order valence-corrected chi connectivity index (χ1v) is 8.07. The predicted molar refractivity (Wildman–Crippen MR) is 102 cm³/mol. The summed E-state index contributed by atoms with van der Waals surface area (Å²) in [5, 5.41) is 5.95. The van der Waals surface area contributed by atoms with Gasteiger partial charge in [0.2, 0.25) is 0 Å². The third-order valence-corrected chi connectivity index (χ3v) is 4.97. The van der Waals surface area contributed by atoms with Crippen LogP contribution < -0.4 is 5.43 Å². The Kier molecular flexibility index (Phi) is 2.60. The minimum absolute atomic E-state index is 0.112. The quantitative estimate of drug-likeness (QED) is 0.291. The van der Waals surface area contributed by atoms with Crippen LogP contribution in [0.25, 0.3) is 43.4 Å². The fourth-order valence-electron chi connectivity index (χ4n) is 3.73. The highest BCUT2D eigenvalue weighted by atomic mass is 16.1. The maximum Gasteiger partial charge on any atom is 0.197 e. The molecule has 0 atom stereocenters. The summed E-state index contributed by atoms with van der Waals surface area (Å²) in [6.45, 7) is 0. The Balaban J connectivity index is 2.12. The van der Waals surface area contributed by atoms with Gasteiger partial charge in [0.1, 0.15) is 0 Å². The monoisotopic (exact) mass is 309 g/mol. The molecule has 0 fully saturated rings. The van der Waals surface area contributed by atoms with Crippen molar-refractivity contribution in [2.24, 2.45) is 7.05 Å². The third-order valence-electron chi connectivity index (χ3n) is 4.97. The second-order valence-electron chi connectivity index (χ2n) is 6.29. The van der Waals surface area contributed by atoms with Gasteiger partial charge in [-0.05, 0) is 39.7 Å². The number of hydrogen-bond acceptors (Lipinski definition) is 1. The van der Waals surface area contributed by atoms with Crippen LogP contribution in [0.2, 0.25) is 0 Å². The van der Waals surface area contributed by atoms with Crippen LogP contribution in [0.5, 0.6) is 0 Å². The standard InChI is InChI=1S/C22H15NO/c1-23-19-11-10-14-6-4-5-9-17(14)21(19)22(24)18-12-15-7-2-3-8-16(15)13-20(18)23/h2-13H,1H3.